The van der Waals surface area contributed by atoms with E-state index >= 15 is 0 Å². The first-order chi connectivity index (χ1) is 31.1. The molecule has 0 spiro atoms. The van der Waals surface area contributed by atoms with Crippen LogP contribution in [-0.4, -0.2) is 75.5 Å². The summed E-state index contributed by atoms with van der Waals surface area (Å²) in [5.74, 6) is -1.81. The van der Waals surface area contributed by atoms with Crippen LogP contribution in [0.3, 0.4) is 0 Å². The Balaban J connectivity index is 4.30. The number of hydrogen-bond acceptors (Lipinski definition) is 7. The number of rotatable bonds is 47. The van der Waals surface area contributed by atoms with E-state index in [2.05, 4.69) is 74.6 Å². The average molecular weight is 898 g/mol. The molecule has 0 aromatic rings. The number of carbonyl (C=O) groups excluding carboxylic acids is 3. The van der Waals surface area contributed by atoms with E-state index in [0.29, 0.717) is 12.8 Å². The number of carbonyl (C=O) groups is 3. The van der Waals surface area contributed by atoms with Crippen molar-refractivity contribution in [3.8, 4) is 0 Å². The lowest BCUT2D eigenvalue weighted by atomic mass is 10.1. The first-order valence-corrected chi connectivity index (χ1v) is 26.3. The van der Waals surface area contributed by atoms with E-state index in [9.17, 15) is 19.5 Å². The van der Waals surface area contributed by atoms with E-state index in [1.165, 1.54) is 135 Å². The van der Waals surface area contributed by atoms with E-state index in [4.69, 9.17) is 14.2 Å². The van der Waals surface area contributed by atoms with Crippen LogP contribution in [0.2, 0.25) is 0 Å². The Hall–Kier alpha value is -2.97. The summed E-state index contributed by atoms with van der Waals surface area (Å²) < 4.78 is 17.2. The van der Waals surface area contributed by atoms with Gasteiger partial charge < -0.3 is 28.6 Å². The molecule has 0 radical (unpaired) electrons. The van der Waals surface area contributed by atoms with Crippen LogP contribution in [-0.2, 0) is 28.6 Å². The highest BCUT2D eigenvalue weighted by Crippen LogP contribution is 2.14. The van der Waals surface area contributed by atoms with Gasteiger partial charge in [0.2, 0.25) is 0 Å². The quantitative estimate of drug-likeness (QED) is 0.0259. The number of allylic oxidation sites excluding steroid dienone is 10. The summed E-state index contributed by atoms with van der Waals surface area (Å²) in [6, 6.07) is -0.738. The average Bonchev–Trinajstić information content (AvgIpc) is 3.26. The van der Waals surface area contributed by atoms with Crippen molar-refractivity contribution >= 4 is 17.9 Å². The predicted molar refractivity (Wildman–Crippen MR) is 268 cm³/mol. The number of unbranched alkanes of at least 4 members (excludes halogenated alkanes) is 23. The van der Waals surface area contributed by atoms with Crippen molar-refractivity contribution in [2.75, 3.05) is 41.0 Å². The molecule has 0 aromatic carbocycles. The summed E-state index contributed by atoms with van der Waals surface area (Å²) in [6.07, 6.45) is 58.4. The van der Waals surface area contributed by atoms with Crippen molar-refractivity contribution in [1.82, 2.24) is 0 Å². The maximum absolute atomic E-state index is 12.8. The number of quaternary nitrogens is 1. The molecule has 2 atom stereocenters. The van der Waals surface area contributed by atoms with Gasteiger partial charge in [-0.25, -0.2) is 0 Å². The molecule has 8 heteroatoms. The van der Waals surface area contributed by atoms with E-state index in [0.717, 1.165) is 51.4 Å². The third-order valence-corrected chi connectivity index (χ3v) is 11.6. The first-order valence-electron chi connectivity index (χ1n) is 26.3. The number of likely N-dealkylation sites (N-methyl/N-ethyl adjacent to an activating group) is 1. The second kappa shape index (κ2) is 46.6. The van der Waals surface area contributed by atoms with E-state index in [1.54, 1.807) is 21.1 Å². The minimum Gasteiger partial charge on any atom is -0.544 e. The number of hydrogen-bond donors (Lipinski definition) is 0. The van der Waals surface area contributed by atoms with Crippen LogP contribution in [0.5, 0.6) is 0 Å². The van der Waals surface area contributed by atoms with E-state index < -0.39 is 18.1 Å². The Morgan fingerprint density at radius 2 is 0.844 bits per heavy atom. The Kier molecular flexibility index (Phi) is 44.4. The number of ether oxygens (including phenoxy) is 3. The van der Waals surface area contributed by atoms with Gasteiger partial charge in [-0.1, -0.05) is 190 Å². The highest BCUT2D eigenvalue weighted by Gasteiger charge is 2.25. The molecule has 0 N–H and O–H groups in total. The third-order valence-electron chi connectivity index (χ3n) is 11.6. The highest BCUT2D eigenvalue weighted by atomic mass is 16.6. The van der Waals surface area contributed by atoms with Crippen molar-refractivity contribution in [2.24, 2.45) is 0 Å². The van der Waals surface area contributed by atoms with Gasteiger partial charge in [0.05, 0.1) is 40.3 Å². The van der Waals surface area contributed by atoms with E-state index in [-0.39, 0.29) is 49.1 Å². The Bertz CT molecular complexity index is 1230. The maximum Gasteiger partial charge on any atom is 0.306 e. The maximum atomic E-state index is 12.8. The summed E-state index contributed by atoms with van der Waals surface area (Å²) in [6.45, 7) is 4.61. The minimum absolute atomic E-state index is 0.0166. The van der Waals surface area contributed by atoms with Gasteiger partial charge in [0.15, 0.2) is 6.10 Å². The smallest absolute Gasteiger partial charge is 0.306 e. The van der Waals surface area contributed by atoms with Gasteiger partial charge >= 0.3 is 11.9 Å². The van der Waals surface area contributed by atoms with Crippen molar-refractivity contribution in [2.45, 2.75) is 238 Å². The molecule has 0 fully saturated rings. The van der Waals surface area contributed by atoms with Crippen LogP contribution in [0.15, 0.2) is 60.8 Å². The monoisotopic (exact) mass is 898 g/mol. The zero-order valence-electron chi connectivity index (χ0n) is 42.2. The first kappa shape index (κ1) is 61.0. The molecule has 0 saturated heterocycles. The summed E-state index contributed by atoms with van der Waals surface area (Å²) in [5, 5.41) is 11.7. The molecule has 0 aromatic heterocycles. The highest BCUT2D eigenvalue weighted by molar-refractivity contribution is 5.70. The van der Waals surface area contributed by atoms with Gasteiger partial charge in [0, 0.05) is 19.3 Å². The fourth-order valence-electron chi connectivity index (χ4n) is 7.53. The van der Waals surface area contributed by atoms with Gasteiger partial charge in [-0.05, 0) is 77.0 Å². The molecule has 0 rings (SSSR count). The number of carboxylic acid groups (broad SMARTS) is 1. The second-order valence-electron chi connectivity index (χ2n) is 18.8. The normalized spacial score (nSPS) is 13.3. The van der Waals surface area contributed by atoms with Crippen molar-refractivity contribution in [3.05, 3.63) is 60.8 Å². The van der Waals surface area contributed by atoms with E-state index in [1.807, 2.05) is 0 Å². The van der Waals surface area contributed by atoms with Crippen molar-refractivity contribution < 1.29 is 38.2 Å². The largest absolute Gasteiger partial charge is 0.544 e. The van der Waals surface area contributed by atoms with Gasteiger partial charge in [0.1, 0.15) is 12.6 Å². The molecule has 0 aliphatic heterocycles. The molecule has 0 amide bonds. The van der Waals surface area contributed by atoms with Crippen LogP contribution < -0.4 is 5.11 Å². The molecular weight excluding hydrogens is 799 g/mol. The number of nitrogens with zero attached hydrogens (tertiary/aromatic N) is 1. The van der Waals surface area contributed by atoms with Gasteiger partial charge in [-0.2, -0.15) is 0 Å². The number of carboxylic acids is 1. The molecule has 8 nitrogen and oxygen atoms in total. The SMILES string of the molecule is CCCCCCCC/C=C/C/C=C/C/C=C/CCCC(=O)OC(COCCC(C(=O)[O-])[N+](C)(C)C)COC(=O)CCCCCCCCC/C=C/C/C=C/CCCCCCCCCCC. The van der Waals surface area contributed by atoms with Crippen LogP contribution in [0.25, 0.3) is 0 Å². The molecule has 0 bridgehead atoms. The lowest BCUT2D eigenvalue weighted by Crippen LogP contribution is -2.55. The summed E-state index contributed by atoms with van der Waals surface area (Å²) in [7, 11) is 5.39. The standard InChI is InChI=1S/C56H99NO7/c1-6-8-10-12-14-16-18-20-22-24-25-26-27-28-29-31-32-34-36-38-40-42-44-46-54(58)63-51-52(50-62-49-48-53(56(60)61)57(3,4)5)64-55(59)47-45-43-41-39-37-35-33-30-23-21-19-17-15-13-11-9-7-2/h21,23,25-26,28-29,33,35,39,41,52-53H,6-20,22,24,27,30-32,34,36-38,40,42-51H2,1-5H3/b23-21+,26-25+,29-28+,35-33+,41-39+. The summed E-state index contributed by atoms with van der Waals surface area (Å²) >= 11 is 0. The topological polar surface area (TPSA) is 102 Å². The number of aliphatic carboxylic acids is 1. The minimum atomic E-state index is -1.13. The Morgan fingerprint density at radius 3 is 1.27 bits per heavy atom. The zero-order chi connectivity index (χ0) is 47.0. The van der Waals surface area contributed by atoms with Crippen molar-refractivity contribution in [3.63, 3.8) is 0 Å². The summed E-state index contributed by atoms with van der Waals surface area (Å²) in [4.78, 5) is 37.0. The van der Waals surface area contributed by atoms with Crippen LogP contribution in [0, 0.1) is 0 Å². The fraction of sp³-hybridized carbons (Fsp3) is 0.768. The van der Waals surface area contributed by atoms with Crippen LogP contribution >= 0.6 is 0 Å². The molecule has 64 heavy (non-hydrogen) atoms. The van der Waals surface area contributed by atoms with Crippen molar-refractivity contribution in [1.29, 1.82) is 0 Å². The molecule has 2 unspecified atom stereocenters. The van der Waals surface area contributed by atoms with Gasteiger partial charge in [0.25, 0.3) is 0 Å². The van der Waals surface area contributed by atoms with Gasteiger partial charge in [-0.15, -0.1) is 0 Å². The lowest BCUT2D eigenvalue weighted by molar-refractivity contribution is -0.889. The zero-order valence-corrected chi connectivity index (χ0v) is 42.2. The van der Waals surface area contributed by atoms with Crippen LogP contribution in [0.4, 0.5) is 0 Å². The molecule has 370 valence electrons. The molecular formula is C56H99NO7. The lowest BCUT2D eigenvalue weighted by Gasteiger charge is -2.34. The molecule has 0 heterocycles. The molecule has 0 aliphatic carbocycles. The molecule has 0 saturated carbocycles. The van der Waals surface area contributed by atoms with Crippen LogP contribution in [0.1, 0.15) is 226 Å². The Labute approximate surface area is 394 Å². The third kappa shape index (κ3) is 44.2. The predicted octanol–water partition coefficient (Wildman–Crippen LogP) is 14.0. The van der Waals surface area contributed by atoms with Gasteiger partial charge in [-0.3, -0.25) is 9.59 Å². The fourth-order valence-corrected chi connectivity index (χ4v) is 7.53. The Morgan fingerprint density at radius 1 is 0.469 bits per heavy atom. The summed E-state index contributed by atoms with van der Waals surface area (Å²) in [5.41, 5.74) is 0. The molecule has 0 aliphatic rings. The number of esters is 2. The second-order valence-corrected chi connectivity index (χ2v) is 18.8.